The molecular weight excluding hydrogens is 300 g/mol. The lowest BCUT2D eigenvalue weighted by molar-refractivity contribution is -0.114. The van der Waals surface area contributed by atoms with E-state index in [-0.39, 0.29) is 27.8 Å². The number of hydrogen-bond donors (Lipinski definition) is 2. The first-order chi connectivity index (χ1) is 10.9. The molecule has 0 bridgehead atoms. The predicted octanol–water partition coefficient (Wildman–Crippen LogP) is 2.10. The molecule has 2 N–H and O–H groups in total. The highest BCUT2D eigenvalue weighted by atomic mass is 16.5. The molecule has 0 aliphatic carbocycles. The fourth-order valence-electron chi connectivity index (χ4n) is 2.84. The monoisotopic (exact) mass is 314 g/mol. The average Bonchev–Trinajstić information content (AvgIpc) is 2.51. The van der Waals surface area contributed by atoms with Gasteiger partial charge in [-0.1, -0.05) is 6.07 Å². The molecule has 0 radical (unpaired) electrons. The highest BCUT2D eigenvalue weighted by Gasteiger charge is 2.34. The Morgan fingerprint density at radius 1 is 1.17 bits per heavy atom. The van der Waals surface area contributed by atoms with Gasteiger partial charge in [0.05, 0.1) is 23.9 Å². The van der Waals surface area contributed by atoms with Crippen LogP contribution in [0.2, 0.25) is 0 Å². The van der Waals surface area contributed by atoms with Crippen LogP contribution in [-0.2, 0) is 4.79 Å². The Kier molecular flexibility index (Phi) is 3.30. The van der Waals surface area contributed by atoms with E-state index in [2.05, 4.69) is 5.32 Å². The number of carbonyl (C=O) groups is 3. The van der Waals surface area contributed by atoms with E-state index in [1.165, 1.54) is 20.1 Å². The zero-order chi connectivity index (χ0) is 16.9. The van der Waals surface area contributed by atoms with Crippen molar-refractivity contribution in [3.63, 3.8) is 0 Å². The molecule has 23 heavy (non-hydrogen) atoms. The Morgan fingerprint density at radius 2 is 1.83 bits per heavy atom. The molecule has 0 atom stereocenters. The molecule has 2 aromatic rings. The first-order valence-corrected chi connectivity index (χ1v) is 6.86. The number of nitrogens with zero attached hydrogens (tertiary/aromatic N) is 1. The van der Waals surface area contributed by atoms with Crippen LogP contribution in [0.4, 0.5) is 5.69 Å². The van der Waals surface area contributed by atoms with Crippen molar-refractivity contribution in [3.05, 3.63) is 34.9 Å². The van der Waals surface area contributed by atoms with Crippen LogP contribution in [0.3, 0.4) is 0 Å². The fraction of sp³-hybridized carbons (Fsp3) is 0.188. The molecule has 0 aromatic heterocycles. The number of rotatable bonds is 2. The van der Waals surface area contributed by atoms with Gasteiger partial charge in [0, 0.05) is 17.7 Å². The number of ether oxygens (including phenoxy) is 1. The van der Waals surface area contributed by atoms with Crippen molar-refractivity contribution in [1.29, 1.82) is 0 Å². The first kappa shape index (κ1) is 15.0. The number of carbonyl (C=O) groups excluding carboxylic acids is 3. The third-order valence-electron chi connectivity index (χ3n) is 3.82. The molecule has 1 aliphatic heterocycles. The second-order valence-electron chi connectivity index (χ2n) is 5.28. The van der Waals surface area contributed by atoms with E-state index in [1.807, 2.05) is 0 Å². The van der Waals surface area contributed by atoms with E-state index < -0.39 is 11.8 Å². The van der Waals surface area contributed by atoms with Crippen molar-refractivity contribution < 1.29 is 24.3 Å². The van der Waals surface area contributed by atoms with Gasteiger partial charge in [-0.15, -0.1) is 5.06 Å². The smallest absolute Gasteiger partial charge is 0.285 e. The summed E-state index contributed by atoms with van der Waals surface area (Å²) in [6, 6.07) is 4.64. The number of hydroxylamine groups is 2. The first-order valence-electron chi connectivity index (χ1n) is 6.86. The Morgan fingerprint density at radius 3 is 2.43 bits per heavy atom. The minimum absolute atomic E-state index is 0.0873. The summed E-state index contributed by atoms with van der Waals surface area (Å²) < 4.78 is 5.27. The van der Waals surface area contributed by atoms with Crippen LogP contribution >= 0.6 is 0 Å². The van der Waals surface area contributed by atoms with E-state index in [4.69, 9.17) is 4.74 Å². The summed E-state index contributed by atoms with van der Waals surface area (Å²) in [6.45, 7) is 3.16. The van der Waals surface area contributed by atoms with E-state index in [0.29, 0.717) is 16.5 Å². The molecule has 7 heteroatoms. The molecule has 0 unspecified atom stereocenters. The second-order valence-corrected chi connectivity index (χ2v) is 5.28. The summed E-state index contributed by atoms with van der Waals surface area (Å²) in [5.74, 6) is -1.66. The highest BCUT2D eigenvalue weighted by molar-refractivity contribution is 6.27. The summed E-state index contributed by atoms with van der Waals surface area (Å²) in [6.07, 6.45) is 0. The SMILES string of the molecule is COc1cc2c3c(ccc(C)c3c1NC(C)=O)C(=O)N(O)C2=O. The molecule has 0 spiro atoms. The fourth-order valence-corrected chi connectivity index (χ4v) is 2.84. The van der Waals surface area contributed by atoms with Crippen LogP contribution < -0.4 is 10.1 Å². The standard InChI is InChI=1S/C16H14N2O5/c1-7-4-5-9-13-10(16(21)18(22)15(9)20)6-11(23-3)14(12(7)13)17-8(2)19/h4-6,22H,1-3H3,(H,17,19). The van der Waals surface area contributed by atoms with E-state index in [0.717, 1.165) is 5.56 Å². The van der Waals surface area contributed by atoms with Crippen molar-refractivity contribution in [2.24, 2.45) is 0 Å². The lowest BCUT2D eigenvalue weighted by atomic mass is 9.90. The Balaban J connectivity index is 2.51. The second kappa shape index (κ2) is 5.06. The molecule has 1 heterocycles. The zero-order valence-electron chi connectivity index (χ0n) is 12.8. The van der Waals surface area contributed by atoms with E-state index in [1.54, 1.807) is 19.1 Å². The summed E-state index contributed by atoms with van der Waals surface area (Å²) in [5, 5.41) is 13.4. The number of imide groups is 1. The van der Waals surface area contributed by atoms with Crippen molar-refractivity contribution >= 4 is 34.2 Å². The lowest BCUT2D eigenvalue weighted by Gasteiger charge is -2.25. The van der Waals surface area contributed by atoms with Gasteiger partial charge in [0.25, 0.3) is 11.8 Å². The topological polar surface area (TPSA) is 95.9 Å². The minimum atomic E-state index is -0.828. The van der Waals surface area contributed by atoms with Gasteiger partial charge >= 0.3 is 0 Å². The molecule has 3 rings (SSSR count). The molecular formula is C16H14N2O5. The van der Waals surface area contributed by atoms with E-state index >= 15 is 0 Å². The van der Waals surface area contributed by atoms with Crippen LogP contribution in [0, 0.1) is 6.92 Å². The summed E-state index contributed by atoms with van der Waals surface area (Å²) in [5.41, 5.74) is 1.49. The van der Waals surface area contributed by atoms with Crippen LogP contribution in [0.1, 0.15) is 33.2 Å². The predicted molar refractivity (Wildman–Crippen MR) is 81.8 cm³/mol. The summed E-state index contributed by atoms with van der Waals surface area (Å²) in [7, 11) is 1.41. The maximum absolute atomic E-state index is 12.2. The molecule has 3 amide bonds. The van der Waals surface area contributed by atoms with Crippen LogP contribution in [0.15, 0.2) is 18.2 Å². The van der Waals surface area contributed by atoms with Gasteiger partial charge in [0.1, 0.15) is 5.75 Å². The quantitative estimate of drug-likeness (QED) is 0.653. The van der Waals surface area contributed by atoms with Gasteiger partial charge in [0.15, 0.2) is 0 Å². The molecule has 7 nitrogen and oxygen atoms in total. The number of amides is 3. The maximum Gasteiger partial charge on any atom is 0.285 e. The van der Waals surface area contributed by atoms with Crippen molar-refractivity contribution in [1.82, 2.24) is 5.06 Å². The average molecular weight is 314 g/mol. The van der Waals surface area contributed by atoms with E-state index in [9.17, 15) is 19.6 Å². The summed E-state index contributed by atoms with van der Waals surface area (Å²) >= 11 is 0. The number of hydrogen-bond acceptors (Lipinski definition) is 5. The Labute approximate surface area is 131 Å². The van der Waals surface area contributed by atoms with Gasteiger partial charge in [-0.3, -0.25) is 19.6 Å². The van der Waals surface area contributed by atoms with Crippen LogP contribution in [-0.4, -0.2) is 35.1 Å². The Bertz CT molecular complexity index is 888. The normalized spacial score (nSPS) is 13.5. The van der Waals surface area contributed by atoms with Gasteiger partial charge in [-0.05, 0) is 24.6 Å². The lowest BCUT2D eigenvalue weighted by Crippen LogP contribution is -2.37. The number of nitrogens with one attached hydrogen (secondary N) is 1. The molecule has 2 aromatic carbocycles. The third-order valence-corrected chi connectivity index (χ3v) is 3.82. The number of methoxy groups -OCH3 is 1. The molecule has 0 saturated heterocycles. The van der Waals surface area contributed by atoms with Crippen molar-refractivity contribution in [3.8, 4) is 5.75 Å². The summed E-state index contributed by atoms with van der Waals surface area (Å²) in [4.78, 5) is 35.9. The zero-order valence-corrected chi connectivity index (χ0v) is 12.8. The molecule has 0 fully saturated rings. The van der Waals surface area contributed by atoms with Crippen LogP contribution in [0.5, 0.6) is 5.75 Å². The van der Waals surface area contributed by atoms with Gasteiger partial charge < -0.3 is 10.1 Å². The Hall–Kier alpha value is -2.93. The third kappa shape index (κ3) is 2.05. The highest BCUT2D eigenvalue weighted by Crippen LogP contribution is 2.41. The maximum atomic E-state index is 12.2. The largest absolute Gasteiger partial charge is 0.495 e. The molecule has 118 valence electrons. The molecule has 0 saturated carbocycles. The van der Waals surface area contributed by atoms with Crippen LogP contribution in [0.25, 0.3) is 10.8 Å². The number of aryl methyl sites for hydroxylation is 1. The van der Waals surface area contributed by atoms with Gasteiger partial charge in [0.2, 0.25) is 5.91 Å². The van der Waals surface area contributed by atoms with Crippen molar-refractivity contribution in [2.45, 2.75) is 13.8 Å². The van der Waals surface area contributed by atoms with Gasteiger partial charge in [-0.2, -0.15) is 0 Å². The van der Waals surface area contributed by atoms with Gasteiger partial charge in [-0.25, -0.2) is 0 Å². The van der Waals surface area contributed by atoms with Crippen molar-refractivity contribution in [2.75, 3.05) is 12.4 Å². The minimum Gasteiger partial charge on any atom is -0.495 e. The molecule has 1 aliphatic rings. The number of anilines is 1. The number of benzene rings is 2.